The molecule has 0 bridgehead atoms. The first-order valence-corrected chi connectivity index (χ1v) is 10.7. The molecule has 33 heavy (non-hydrogen) atoms. The third kappa shape index (κ3) is 3.49. The lowest BCUT2D eigenvalue weighted by Gasteiger charge is -2.16. The van der Waals surface area contributed by atoms with Crippen molar-refractivity contribution in [1.82, 2.24) is 14.5 Å². The maximum Gasteiger partial charge on any atom is 0.266 e. The van der Waals surface area contributed by atoms with E-state index in [1.165, 1.54) is 0 Å². The van der Waals surface area contributed by atoms with Crippen LogP contribution in [0.25, 0.3) is 38.8 Å². The number of hydrogen-bond acceptors (Lipinski definition) is 5. The number of halogens is 1. The normalized spacial score (nSPS) is 11.2. The minimum absolute atomic E-state index is 0.182. The fourth-order valence-electron chi connectivity index (χ4n) is 4.07. The number of fused-ring (bicyclic) bond motifs is 3. The number of aryl methyl sites for hydroxylation is 1. The van der Waals surface area contributed by atoms with Crippen LogP contribution in [0.1, 0.15) is 5.82 Å². The van der Waals surface area contributed by atoms with Crippen LogP contribution in [0, 0.1) is 6.92 Å². The molecule has 2 heterocycles. The Morgan fingerprint density at radius 1 is 0.879 bits per heavy atom. The minimum Gasteiger partial charge on any atom is -0.493 e. The molecule has 0 fully saturated rings. The van der Waals surface area contributed by atoms with Gasteiger partial charge < -0.3 is 9.47 Å². The van der Waals surface area contributed by atoms with Crippen LogP contribution in [0.15, 0.2) is 71.5 Å². The van der Waals surface area contributed by atoms with E-state index in [1.54, 1.807) is 50.0 Å². The van der Waals surface area contributed by atoms with E-state index in [4.69, 9.17) is 31.0 Å². The van der Waals surface area contributed by atoms with Gasteiger partial charge in [-0.2, -0.15) is 0 Å². The van der Waals surface area contributed by atoms with Crippen LogP contribution in [0.2, 0.25) is 5.02 Å². The Morgan fingerprint density at radius 2 is 1.61 bits per heavy atom. The number of methoxy groups -OCH3 is 2. The van der Waals surface area contributed by atoms with Crippen LogP contribution in [-0.2, 0) is 0 Å². The number of pyridine rings is 1. The number of rotatable bonds is 4. The van der Waals surface area contributed by atoms with Crippen molar-refractivity contribution >= 4 is 33.4 Å². The molecule has 0 aliphatic rings. The molecular weight excluding hydrogens is 438 g/mol. The molecule has 0 aliphatic carbocycles. The van der Waals surface area contributed by atoms with Crippen LogP contribution < -0.4 is 15.0 Å². The van der Waals surface area contributed by atoms with Gasteiger partial charge in [-0.3, -0.25) is 9.36 Å². The second kappa shape index (κ2) is 8.22. The van der Waals surface area contributed by atoms with Gasteiger partial charge in [0.15, 0.2) is 11.5 Å². The minimum atomic E-state index is -0.182. The second-order valence-corrected chi connectivity index (χ2v) is 7.98. The van der Waals surface area contributed by atoms with Gasteiger partial charge in [-0.05, 0) is 37.3 Å². The Labute approximate surface area is 195 Å². The van der Waals surface area contributed by atoms with Gasteiger partial charge in [0.25, 0.3) is 5.56 Å². The van der Waals surface area contributed by atoms with Crippen LogP contribution >= 0.6 is 11.6 Å². The van der Waals surface area contributed by atoms with Crippen LogP contribution in [-0.4, -0.2) is 28.8 Å². The molecule has 0 N–H and O–H groups in total. The van der Waals surface area contributed by atoms with Gasteiger partial charge in [0.05, 0.1) is 36.5 Å². The Morgan fingerprint density at radius 3 is 2.33 bits per heavy atom. The molecule has 0 amide bonds. The van der Waals surface area contributed by atoms with Crippen molar-refractivity contribution < 1.29 is 9.47 Å². The molecule has 6 nitrogen and oxygen atoms in total. The fourth-order valence-corrected chi connectivity index (χ4v) is 4.20. The standard InChI is InChI=1S/C26H20ClN3O3/c1-15-28-25-23(26(31)30(15)18-12-13-21(32-2)22(14-18)33-3)19-6-4-5-7-20(19)29-24(25)16-8-10-17(27)11-9-16/h4-14H,1-3H3. The number of nitrogens with zero attached hydrogens (tertiary/aromatic N) is 3. The highest BCUT2D eigenvalue weighted by Gasteiger charge is 2.19. The molecular formula is C26H20ClN3O3. The van der Waals surface area contributed by atoms with Gasteiger partial charge in [0.2, 0.25) is 0 Å². The van der Waals surface area contributed by atoms with Gasteiger partial charge in [0, 0.05) is 22.0 Å². The van der Waals surface area contributed by atoms with E-state index in [1.807, 2.05) is 42.5 Å². The van der Waals surface area contributed by atoms with Crippen LogP contribution in [0.5, 0.6) is 11.5 Å². The molecule has 2 aromatic heterocycles. The number of para-hydroxylation sites is 1. The molecule has 0 saturated carbocycles. The van der Waals surface area contributed by atoms with E-state index < -0.39 is 0 Å². The molecule has 5 rings (SSSR count). The third-order valence-corrected chi connectivity index (χ3v) is 5.88. The van der Waals surface area contributed by atoms with E-state index in [0.717, 1.165) is 16.5 Å². The van der Waals surface area contributed by atoms with E-state index in [-0.39, 0.29) is 5.56 Å². The quantitative estimate of drug-likeness (QED) is 0.329. The lowest BCUT2D eigenvalue weighted by molar-refractivity contribution is 0.355. The first kappa shape index (κ1) is 21.0. The number of hydrogen-bond donors (Lipinski definition) is 0. The maximum absolute atomic E-state index is 14.0. The van der Waals surface area contributed by atoms with Gasteiger partial charge in [0.1, 0.15) is 11.3 Å². The maximum atomic E-state index is 14.0. The molecule has 7 heteroatoms. The molecule has 0 aliphatic heterocycles. The van der Waals surface area contributed by atoms with Crippen molar-refractivity contribution in [2.45, 2.75) is 6.92 Å². The summed E-state index contributed by atoms with van der Waals surface area (Å²) in [6.07, 6.45) is 0. The third-order valence-electron chi connectivity index (χ3n) is 5.62. The summed E-state index contributed by atoms with van der Waals surface area (Å²) in [4.78, 5) is 23.7. The summed E-state index contributed by atoms with van der Waals surface area (Å²) in [6.45, 7) is 1.80. The summed E-state index contributed by atoms with van der Waals surface area (Å²) >= 11 is 6.09. The summed E-state index contributed by atoms with van der Waals surface area (Å²) < 4.78 is 12.4. The zero-order chi connectivity index (χ0) is 23.1. The highest BCUT2D eigenvalue weighted by Crippen LogP contribution is 2.32. The van der Waals surface area contributed by atoms with Crippen molar-refractivity contribution in [3.05, 3.63) is 87.9 Å². The SMILES string of the molecule is COc1ccc(-n2c(C)nc3c(-c4ccc(Cl)cc4)nc4ccccc4c3c2=O)cc1OC. The molecule has 5 aromatic rings. The highest BCUT2D eigenvalue weighted by atomic mass is 35.5. The van der Waals surface area contributed by atoms with Gasteiger partial charge in [-0.1, -0.05) is 41.9 Å². The van der Waals surface area contributed by atoms with E-state index >= 15 is 0 Å². The average molecular weight is 458 g/mol. The monoisotopic (exact) mass is 457 g/mol. The molecule has 0 spiro atoms. The summed E-state index contributed by atoms with van der Waals surface area (Å²) in [5.41, 5.74) is 3.20. The molecule has 0 radical (unpaired) electrons. The summed E-state index contributed by atoms with van der Waals surface area (Å²) in [5.74, 6) is 1.65. The predicted molar refractivity (Wildman–Crippen MR) is 131 cm³/mol. The first-order chi connectivity index (χ1) is 16.0. The van der Waals surface area contributed by atoms with Crippen molar-refractivity contribution in [2.24, 2.45) is 0 Å². The van der Waals surface area contributed by atoms with Crippen molar-refractivity contribution in [1.29, 1.82) is 0 Å². The molecule has 0 unspecified atom stereocenters. The fraction of sp³-hybridized carbons (Fsp3) is 0.115. The van der Waals surface area contributed by atoms with Crippen molar-refractivity contribution in [2.75, 3.05) is 14.2 Å². The smallest absolute Gasteiger partial charge is 0.266 e. The molecule has 0 atom stereocenters. The van der Waals surface area contributed by atoms with E-state index in [9.17, 15) is 4.79 Å². The van der Waals surface area contributed by atoms with Crippen molar-refractivity contribution in [3.8, 4) is 28.4 Å². The lowest BCUT2D eigenvalue weighted by atomic mass is 10.0. The van der Waals surface area contributed by atoms with Gasteiger partial charge in [-0.15, -0.1) is 0 Å². The zero-order valence-electron chi connectivity index (χ0n) is 18.3. The zero-order valence-corrected chi connectivity index (χ0v) is 19.1. The Bertz CT molecular complexity index is 1580. The van der Waals surface area contributed by atoms with Gasteiger partial charge in [-0.25, -0.2) is 9.97 Å². The van der Waals surface area contributed by atoms with Crippen molar-refractivity contribution in [3.63, 3.8) is 0 Å². The first-order valence-electron chi connectivity index (χ1n) is 10.3. The average Bonchev–Trinajstić information content (AvgIpc) is 2.83. The Hall–Kier alpha value is -3.90. The van der Waals surface area contributed by atoms with Gasteiger partial charge >= 0.3 is 0 Å². The topological polar surface area (TPSA) is 66.2 Å². The summed E-state index contributed by atoms with van der Waals surface area (Å²) in [5, 5.41) is 1.88. The summed E-state index contributed by atoms with van der Waals surface area (Å²) in [6, 6.07) is 20.3. The summed E-state index contributed by atoms with van der Waals surface area (Å²) in [7, 11) is 3.14. The number of benzene rings is 3. The molecule has 3 aromatic carbocycles. The van der Waals surface area contributed by atoms with E-state index in [2.05, 4.69) is 0 Å². The lowest BCUT2D eigenvalue weighted by Crippen LogP contribution is -2.23. The predicted octanol–water partition coefficient (Wildman–Crippen LogP) is 5.58. The Kier molecular flexibility index (Phi) is 5.23. The van der Waals surface area contributed by atoms with Crippen LogP contribution in [0.4, 0.5) is 0 Å². The molecule has 0 saturated heterocycles. The highest BCUT2D eigenvalue weighted by molar-refractivity contribution is 6.30. The van der Waals surface area contributed by atoms with E-state index in [0.29, 0.717) is 44.6 Å². The Balaban J connectivity index is 1.88. The number of ether oxygens (including phenoxy) is 2. The second-order valence-electron chi connectivity index (χ2n) is 7.55. The van der Waals surface area contributed by atoms with Crippen LogP contribution in [0.3, 0.4) is 0 Å². The largest absolute Gasteiger partial charge is 0.493 e. The molecule has 164 valence electrons. The number of aromatic nitrogens is 3.